The summed E-state index contributed by atoms with van der Waals surface area (Å²) in [7, 11) is 1.97. The van der Waals surface area contributed by atoms with E-state index < -0.39 is 0 Å². The molecule has 0 fully saturated rings. The van der Waals surface area contributed by atoms with E-state index in [1.54, 1.807) is 12.4 Å². The summed E-state index contributed by atoms with van der Waals surface area (Å²) >= 11 is 12.2. The predicted octanol–water partition coefficient (Wildman–Crippen LogP) is 4.01. The first kappa shape index (κ1) is 15.3. The molecular formula is C16H18Cl2N2. The van der Waals surface area contributed by atoms with E-state index >= 15 is 0 Å². The van der Waals surface area contributed by atoms with Crippen LogP contribution in [-0.4, -0.2) is 18.6 Å². The van der Waals surface area contributed by atoms with E-state index in [-0.39, 0.29) is 0 Å². The van der Waals surface area contributed by atoms with Crippen molar-refractivity contribution in [3.63, 3.8) is 0 Å². The fourth-order valence-electron chi connectivity index (χ4n) is 2.38. The average molecular weight is 309 g/mol. The summed E-state index contributed by atoms with van der Waals surface area (Å²) in [4.78, 5) is 4.03. The summed E-state index contributed by atoms with van der Waals surface area (Å²) < 4.78 is 0. The van der Waals surface area contributed by atoms with Crippen LogP contribution in [-0.2, 0) is 12.8 Å². The third-order valence-electron chi connectivity index (χ3n) is 3.27. The number of rotatable bonds is 6. The Morgan fingerprint density at radius 2 is 2.05 bits per heavy atom. The van der Waals surface area contributed by atoms with Gasteiger partial charge in [0.2, 0.25) is 0 Å². The van der Waals surface area contributed by atoms with E-state index in [0.717, 1.165) is 35.0 Å². The van der Waals surface area contributed by atoms with Crippen molar-refractivity contribution in [2.75, 3.05) is 13.6 Å². The lowest BCUT2D eigenvalue weighted by Crippen LogP contribution is -2.23. The monoisotopic (exact) mass is 308 g/mol. The molecule has 20 heavy (non-hydrogen) atoms. The molecule has 0 amide bonds. The smallest absolute Gasteiger partial charge is 0.0621 e. The van der Waals surface area contributed by atoms with E-state index in [9.17, 15) is 0 Å². The van der Waals surface area contributed by atoms with E-state index in [2.05, 4.69) is 16.4 Å². The van der Waals surface area contributed by atoms with Crippen LogP contribution in [0.2, 0.25) is 10.0 Å². The van der Waals surface area contributed by atoms with Gasteiger partial charge in [0.25, 0.3) is 0 Å². The van der Waals surface area contributed by atoms with Crippen molar-refractivity contribution in [1.82, 2.24) is 10.3 Å². The van der Waals surface area contributed by atoms with Gasteiger partial charge in [-0.3, -0.25) is 4.98 Å². The van der Waals surface area contributed by atoms with Gasteiger partial charge < -0.3 is 5.32 Å². The van der Waals surface area contributed by atoms with Gasteiger partial charge in [-0.15, -0.1) is 0 Å². The van der Waals surface area contributed by atoms with Gasteiger partial charge in [-0.05, 0) is 61.7 Å². The minimum atomic E-state index is 0.471. The third kappa shape index (κ3) is 4.48. The summed E-state index contributed by atoms with van der Waals surface area (Å²) in [5.41, 5.74) is 2.40. The second-order valence-corrected chi connectivity index (χ2v) is 5.77. The van der Waals surface area contributed by atoms with Crippen LogP contribution in [0, 0.1) is 5.92 Å². The Labute approximate surface area is 130 Å². The SMILES string of the molecule is CNCC(Cc1cccc(Cl)c1)Cc1ccncc1Cl. The summed E-state index contributed by atoms with van der Waals surface area (Å²) in [6.07, 6.45) is 5.39. The van der Waals surface area contributed by atoms with Gasteiger partial charge in [-0.1, -0.05) is 35.3 Å². The summed E-state index contributed by atoms with van der Waals surface area (Å²) in [6.45, 7) is 0.936. The standard InChI is InChI=1S/C16H18Cl2N2/c1-19-10-13(7-12-3-2-4-15(17)9-12)8-14-5-6-20-11-16(14)18/h2-6,9,11,13,19H,7-8,10H2,1H3. The molecule has 0 aliphatic heterocycles. The molecule has 0 radical (unpaired) electrons. The molecule has 2 aromatic rings. The number of benzene rings is 1. The van der Waals surface area contributed by atoms with Gasteiger partial charge in [-0.25, -0.2) is 0 Å². The Hall–Kier alpha value is -1.09. The molecule has 0 bridgehead atoms. The molecule has 0 aliphatic rings. The molecular weight excluding hydrogens is 291 g/mol. The number of aromatic nitrogens is 1. The van der Waals surface area contributed by atoms with Crippen LogP contribution in [0.25, 0.3) is 0 Å². The van der Waals surface area contributed by atoms with Crippen LogP contribution in [0.4, 0.5) is 0 Å². The summed E-state index contributed by atoms with van der Waals surface area (Å²) in [6, 6.07) is 10.0. The maximum absolute atomic E-state index is 6.19. The van der Waals surface area contributed by atoms with Crippen molar-refractivity contribution in [2.45, 2.75) is 12.8 Å². The fourth-order valence-corrected chi connectivity index (χ4v) is 2.79. The predicted molar refractivity (Wildman–Crippen MR) is 85.5 cm³/mol. The van der Waals surface area contributed by atoms with E-state index in [1.165, 1.54) is 5.56 Å². The van der Waals surface area contributed by atoms with E-state index in [4.69, 9.17) is 23.2 Å². The maximum atomic E-state index is 6.19. The average Bonchev–Trinajstić information content (AvgIpc) is 2.42. The number of nitrogens with one attached hydrogen (secondary N) is 1. The first-order valence-corrected chi connectivity index (χ1v) is 7.42. The van der Waals surface area contributed by atoms with Crippen molar-refractivity contribution in [1.29, 1.82) is 0 Å². The summed E-state index contributed by atoms with van der Waals surface area (Å²) in [5.74, 6) is 0.471. The topological polar surface area (TPSA) is 24.9 Å². The lowest BCUT2D eigenvalue weighted by atomic mass is 9.93. The van der Waals surface area contributed by atoms with Gasteiger partial charge >= 0.3 is 0 Å². The molecule has 1 aromatic carbocycles. The van der Waals surface area contributed by atoms with Gasteiger partial charge in [0.05, 0.1) is 5.02 Å². The number of nitrogens with zero attached hydrogens (tertiary/aromatic N) is 1. The normalized spacial score (nSPS) is 12.3. The summed E-state index contributed by atoms with van der Waals surface area (Å²) in [5, 5.41) is 4.77. The van der Waals surface area contributed by atoms with Crippen LogP contribution in [0.3, 0.4) is 0 Å². The highest BCUT2D eigenvalue weighted by atomic mass is 35.5. The number of hydrogen-bond donors (Lipinski definition) is 1. The zero-order chi connectivity index (χ0) is 14.4. The van der Waals surface area contributed by atoms with Gasteiger partial charge in [0.1, 0.15) is 0 Å². The highest BCUT2D eigenvalue weighted by molar-refractivity contribution is 6.31. The van der Waals surface area contributed by atoms with E-state index in [1.807, 2.05) is 31.3 Å². The molecule has 1 heterocycles. The van der Waals surface area contributed by atoms with Crippen molar-refractivity contribution in [2.24, 2.45) is 5.92 Å². The molecule has 0 spiro atoms. The van der Waals surface area contributed by atoms with Crippen LogP contribution in [0.5, 0.6) is 0 Å². The largest absolute Gasteiger partial charge is 0.319 e. The first-order chi connectivity index (χ1) is 9.69. The molecule has 1 atom stereocenters. The molecule has 2 nitrogen and oxygen atoms in total. The molecule has 0 saturated carbocycles. The second kappa shape index (κ2) is 7.63. The molecule has 1 aromatic heterocycles. The highest BCUT2D eigenvalue weighted by Gasteiger charge is 2.12. The van der Waals surface area contributed by atoms with Crippen LogP contribution in [0.15, 0.2) is 42.7 Å². The third-order valence-corrected chi connectivity index (χ3v) is 3.85. The van der Waals surface area contributed by atoms with Crippen LogP contribution >= 0.6 is 23.2 Å². The Morgan fingerprint density at radius 3 is 2.75 bits per heavy atom. The molecule has 4 heteroatoms. The zero-order valence-electron chi connectivity index (χ0n) is 11.4. The van der Waals surface area contributed by atoms with Gasteiger partial charge in [0.15, 0.2) is 0 Å². The molecule has 0 saturated heterocycles. The maximum Gasteiger partial charge on any atom is 0.0621 e. The Kier molecular flexibility index (Phi) is 5.84. The van der Waals surface area contributed by atoms with Crippen molar-refractivity contribution >= 4 is 23.2 Å². The minimum absolute atomic E-state index is 0.471. The van der Waals surface area contributed by atoms with Crippen LogP contribution in [0.1, 0.15) is 11.1 Å². The number of halogens is 2. The van der Waals surface area contributed by atoms with E-state index in [0.29, 0.717) is 5.92 Å². The van der Waals surface area contributed by atoms with Crippen molar-refractivity contribution < 1.29 is 0 Å². The second-order valence-electron chi connectivity index (χ2n) is 4.93. The molecule has 1 unspecified atom stereocenters. The molecule has 1 N–H and O–H groups in total. The Bertz CT molecular complexity index is 558. The van der Waals surface area contributed by atoms with Crippen molar-refractivity contribution in [3.8, 4) is 0 Å². The van der Waals surface area contributed by atoms with Crippen molar-refractivity contribution in [3.05, 3.63) is 63.9 Å². The number of hydrogen-bond acceptors (Lipinski definition) is 2. The fraction of sp³-hybridized carbons (Fsp3) is 0.312. The van der Waals surface area contributed by atoms with Gasteiger partial charge in [0, 0.05) is 17.4 Å². The van der Waals surface area contributed by atoms with Gasteiger partial charge in [-0.2, -0.15) is 0 Å². The first-order valence-electron chi connectivity index (χ1n) is 6.66. The quantitative estimate of drug-likeness (QED) is 0.872. The lowest BCUT2D eigenvalue weighted by molar-refractivity contribution is 0.493. The Balaban J connectivity index is 2.09. The zero-order valence-corrected chi connectivity index (χ0v) is 13.0. The minimum Gasteiger partial charge on any atom is -0.319 e. The van der Waals surface area contributed by atoms with Crippen LogP contribution < -0.4 is 5.32 Å². The Morgan fingerprint density at radius 1 is 1.20 bits per heavy atom. The molecule has 2 rings (SSSR count). The lowest BCUT2D eigenvalue weighted by Gasteiger charge is -2.17. The number of pyridine rings is 1. The highest BCUT2D eigenvalue weighted by Crippen LogP contribution is 2.21. The molecule has 0 aliphatic carbocycles. The molecule has 106 valence electrons.